The fraction of sp³-hybridized carbons (Fsp3) is 0.0612. The molecule has 0 aliphatic heterocycles. The highest BCUT2D eigenvalue weighted by Crippen LogP contribution is 2.52. The molecule has 11 rings (SSSR count). The van der Waals surface area contributed by atoms with Gasteiger partial charge in [-0.25, -0.2) is 0 Å². The van der Waals surface area contributed by atoms with Gasteiger partial charge in [-0.1, -0.05) is 117 Å². The van der Waals surface area contributed by atoms with Gasteiger partial charge in [-0.2, -0.15) is 0 Å². The second kappa shape index (κ2) is 10.9. The fourth-order valence-corrected chi connectivity index (χ4v) is 10.1. The second-order valence-corrected chi connectivity index (χ2v) is 15.6. The van der Waals surface area contributed by atoms with E-state index in [1.165, 1.54) is 86.4 Å². The number of anilines is 3. The van der Waals surface area contributed by atoms with Crippen LogP contribution in [0.4, 0.5) is 17.1 Å². The van der Waals surface area contributed by atoms with Gasteiger partial charge in [0.05, 0.1) is 16.7 Å². The Kier molecular flexibility index (Phi) is 6.21. The molecule has 2 aromatic heterocycles. The predicted molar refractivity (Wildman–Crippen MR) is 223 cm³/mol. The van der Waals surface area contributed by atoms with Crippen LogP contribution < -0.4 is 4.90 Å². The van der Waals surface area contributed by atoms with Crippen LogP contribution in [-0.4, -0.2) is 4.57 Å². The minimum Gasteiger partial charge on any atom is -0.310 e. The molecule has 0 fully saturated rings. The summed E-state index contributed by atoms with van der Waals surface area (Å²) in [6.07, 6.45) is 0. The van der Waals surface area contributed by atoms with Crippen molar-refractivity contribution in [1.29, 1.82) is 0 Å². The number of thiophene rings is 1. The van der Waals surface area contributed by atoms with Crippen molar-refractivity contribution in [3.63, 3.8) is 0 Å². The first-order chi connectivity index (χ1) is 25.6. The first-order valence-electron chi connectivity index (χ1n) is 18.0. The van der Waals surface area contributed by atoms with Crippen LogP contribution in [0.5, 0.6) is 0 Å². The van der Waals surface area contributed by atoms with E-state index in [1.807, 2.05) is 11.3 Å². The van der Waals surface area contributed by atoms with E-state index in [9.17, 15) is 0 Å². The highest BCUT2D eigenvalue weighted by atomic mass is 32.1. The molecule has 2 heterocycles. The minimum atomic E-state index is -0.106. The van der Waals surface area contributed by atoms with Crippen LogP contribution in [0.15, 0.2) is 170 Å². The molecule has 10 aromatic rings. The lowest BCUT2D eigenvalue weighted by molar-refractivity contribution is 0.660. The van der Waals surface area contributed by atoms with Gasteiger partial charge in [-0.05, 0) is 94.4 Å². The first-order valence-corrected chi connectivity index (χ1v) is 18.8. The maximum Gasteiger partial charge on any atom is 0.0548 e. The molecule has 0 amide bonds. The Morgan fingerprint density at radius 1 is 0.481 bits per heavy atom. The molecule has 0 atom stereocenters. The molecule has 1 aliphatic carbocycles. The largest absolute Gasteiger partial charge is 0.310 e. The van der Waals surface area contributed by atoms with Gasteiger partial charge in [0.25, 0.3) is 0 Å². The van der Waals surface area contributed by atoms with E-state index < -0.39 is 0 Å². The third-order valence-electron chi connectivity index (χ3n) is 11.4. The molecule has 0 N–H and O–H groups in total. The number of rotatable bonds is 4. The molecule has 0 spiro atoms. The number of fused-ring (bicyclic) bond motifs is 11. The number of aromatic nitrogens is 1. The van der Waals surface area contributed by atoms with Gasteiger partial charge in [-0.3, -0.25) is 0 Å². The van der Waals surface area contributed by atoms with Crippen molar-refractivity contribution in [3.05, 3.63) is 181 Å². The molecule has 0 saturated carbocycles. The van der Waals surface area contributed by atoms with Gasteiger partial charge in [0.15, 0.2) is 0 Å². The molecule has 2 nitrogen and oxygen atoms in total. The molecular formula is C49H34N2S. The predicted octanol–water partition coefficient (Wildman–Crippen LogP) is 14.1. The van der Waals surface area contributed by atoms with Gasteiger partial charge in [0.1, 0.15) is 0 Å². The second-order valence-electron chi connectivity index (χ2n) is 14.5. The molecule has 0 saturated heterocycles. The lowest BCUT2D eigenvalue weighted by Crippen LogP contribution is -2.16. The Morgan fingerprint density at radius 3 is 2.08 bits per heavy atom. The summed E-state index contributed by atoms with van der Waals surface area (Å²) >= 11 is 1.88. The van der Waals surface area contributed by atoms with Crippen molar-refractivity contribution < 1.29 is 0 Å². The van der Waals surface area contributed by atoms with Crippen LogP contribution in [0, 0.1) is 0 Å². The maximum absolute atomic E-state index is 2.48. The smallest absolute Gasteiger partial charge is 0.0548 e. The number of hydrogen-bond acceptors (Lipinski definition) is 2. The summed E-state index contributed by atoms with van der Waals surface area (Å²) in [6.45, 7) is 4.73. The number of para-hydroxylation sites is 1. The summed E-state index contributed by atoms with van der Waals surface area (Å²) in [7, 11) is 0. The molecule has 52 heavy (non-hydrogen) atoms. The minimum absolute atomic E-state index is 0.106. The Balaban J connectivity index is 1.23. The van der Waals surface area contributed by atoms with E-state index in [2.05, 4.69) is 193 Å². The van der Waals surface area contributed by atoms with Crippen LogP contribution in [0.2, 0.25) is 0 Å². The topological polar surface area (TPSA) is 8.17 Å². The molecule has 0 unspecified atom stereocenters. The van der Waals surface area contributed by atoms with Crippen molar-refractivity contribution in [3.8, 4) is 16.8 Å². The van der Waals surface area contributed by atoms with Gasteiger partial charge < -0.3 is 9.47 Å². The van der Waals surface area contributed by atoms with Crippen molar-refractivity contribution in [1.82, 2.24) is 4.57 Å². The Hall–Kier alpha value is -6.16. The highest BCUT2D eigenvalue weighted by Gasteiger charge is 2.36. The molecule has 0 bridgehead atoms. The van der Waals surface area contributed by atoms with Crippen LogP contribution in [-0.2, 0) is 5.41 Å². The van der Waals surface area contributed by atoms with Crippen molar-refractivity contribution in [2.24, 2.45) is 0 Å². The molecule has 3 heteroatoms. The zero-order valence-corrected chi connectivity index (χ0v) is 29.8. The summed E-state index contributed by atoms with van der Waals surface area (Å²) in [6, 6.07) is 62.9. The summed E-state index contributed by atoms with van der Waals surface area (Å²) < 4.78 is 5.08. The van der Waals surface area contributed by atoms with Crippen LogP contribution in [0.1, 0.15) is 25.0 Å². The normalized spacial score (nSPS) is 13.3. The van der Waals surface area contributed by atoms with Crippen LogP contribution in [0.25, 0.3) is 69.6 Å². The summed E-state index contributed by atoms with van der Waals surface area (Å²) in [5, 5.41) is 7.67. The SMILES string of the molecule is CC1(C)c2ccccc2-c2ccc(N(c3ccc4c(c3)c3c5c(ccc3n4-c3ccccc3)sc3ccccc35)c3cccc4ccccc34)cc21. The summed E-state index contributed by atoms with van der Waals surface area (Å²) in [4.78, 5) is 2.48. The van der Waals surface area contributed by atoms with E-state index in [0.717, 1.165) is 11.4 Å². The van der Waals surface area contributed by atoms with E-state index in [1.54, 1.807) is 0 Å². The summed E-state index contributed by atoms with van der Waals surface area (Å²) in [5.74, 6) is 0. The first kappa shape index (κ1) is 29.6. The third-order valence-corrected chi connectivity index (χ3v) is 12.5. The van der Waals surface area contributed by atoms with Crippen molar-refractivity contribution in [2.75, 3.05) is 4.90 Å². The Labute approximate surface area is 306 Å². The average molecular weight is 683 g/mol. The van der Waals surface area contributed by atoms with Crippen LogP contribution in [0.3, 0.4) is 0 Å². The highest BCUT2D eigenvalue weighted by molar-refractivity contribution is 7.26. The van der Waals surface area contributed by atoms with E-state index in [0.29, 0.717) is 0 Å². The molecule has 246 valence electrons. The van der Waals surface area contributed by atoms with Crippen molar-refractivity contribution in [2.45, 2.75) is 19.3 Å². The average Bonchev–Trinajstić information content (AvgIpc) is 3.81. The lowest BCUT2D eigenvalue weighted by atomic mass is 9.82. The standard InChI is InChI=1S/C49H34N2S/c1-49(2)40-20-10-8-18-36(40)37-25-23-34(30-41(37)49)50(42-21-12-14-31-13-6-7-17-35(31)42)33-24-26-43-39(29-33)47-44(51(43)32-15-4-3-5-16-32)27-28-46-48(47)38-19-9-11-22-45(38)52-46/h3-30H,1-2H3. The van der Waals surface area contributed by atoms with Crippen LogP contribution >= 0.6 is 11.3 Å². The Morgan fingerprint density at radius 2 is 1.17 bits per heavy atom. The van der Waals surface area contributed by atoms with E-state index in [4.69, 9.17) is 0 Å². The number of hydrogen-bond donors (Lipinski definition) is 0. The van der Waals surface area contributed by atoms with Gasteiger partial charge >= 0.3 is 0 Å². The third kappa shape index (κ3) is 4.11. The van der Waals surface area contributed by atoms with Crippen molar-refractivity contribution >= 4 is 81.1 Å². The van der Waals surface area contributed by atoms with E-state index in [-0.39, 0.29) is 5.41 Å². The fourth-order valence-electron chi connectivity index (χ4n) is 8.97. The zero-order chi connectivity index (χ0) is 34.6. The molecular weight excluding hydrogens is 649 g/mol. The van der Waals surface area contributed by atoms with Gasteiger partial charge in [-0.15, -0.1) is 11.3 Å². The number of nitrogens with zero attached hydrogens (tertiary/aromatic N) is 2. The van der Waals surface area contributed by atoms with Gasteiger partial charge in [0.2, 0.25) is 0 Å². The monoisotopic (exact) mass is 682 g/mol. The maximum atomic E-state index is 2.48. The van der Waals surface area contributed by atoms with Gasteiger partial charge in [0, 0.05) is 58.8 Å². The molecule has 1 aliphatic rings. The molecule has 8 aromatic carbocycles. The molecule has 0 radical (unpaired) electrons. The zero-order valence-electron chi connectivity index (χ0n) is 29.0. The van der Waals surface area contributed by atoms with E-state index >= 15 is 0 Å². The summed E-state index contributed by atoms with van der Waals surface area (Å²) in [5.41, 5.74) is 12.4. The Bertz CT molecular complexity index is 3050. The lowest BCUT2D eigenvalue weighted by Gasteiger charge is -2.29. The quantitative estimate of drug-likeness (QED) is 0.179. The number of benzene rings is 8.